The van der Waals surface area contributed by atoms with E-state index in [0.717, 1.165) is 0 Å². The van der Waals surface area contributed by atoms with E-state index in [1.54, 1.807) is 0 Å². The average Bonchev–Trinajstić information content (AvgIpc) is 2.71. The lowest BCUT2D eigenvalue weighted by Gasteiger charge is -2.21. The first-order valence-corrected chi connectivity index (χ1v) is 9.59. The van der Waals surface area contributed by atoms with Crippen molar-refractivity contribution in [3.8, 4) is 5.75 Å². The predicted molar refractivity (Wildman–Crippen MR) is 112 cm³/mol. The zero-order valence-corrected chi connectivity index (χ0v) is 17.4. The number of aliphatic carboxylic acids is 1. The fourth-order valence-corrected chi connectivity index (χ4v) is 2.60. The summed E-state index contributed by atoms with van der Waals surface area (Å²) in [6.45, 7) is -0.670. The lowest BCUT2D eigenvalue weighted by molar-refractivity contribution is -0.143. The Bertz CT molecular complexity index is 904. The molecule has 0 aliphatic heterocycles. The minimum absolute atomic E-state index is 0.0205. The molecule has 0 spiro atoms. The van der Waals surface area contributed by atoms with E-state index in [0.29, 0.717) is 5.56 Å². The molecule has 1 aromatic carbocycles. The summed E-state index contributed by atoms with van der Waals surface area (Å²) in [6.07, 6.45) is -1.17. The number of amides is 5. The van der Waals surface area contributed by atoms with E-state index in [4.69, 9.17) is 22.3 Å². The van der Waals surface area contributed by atoms with Crippen molar-refractivity contribution >= 4 is 35.5 Å². The van der Waals surface area contributed by atoms with Gasteiger partial charge < -0.3 is 43.4 Å². The minimum atomic E-state index is -1.58. The van der Waals surface area contributed by atoms with Crippen LogP contribution in [0.3, 0.4) is 0 Å². The summed E-state index contributed by atoms with van der Waals surface area (Å²) >= 11 is 0. The highest BCUT2D eigenvalue weighted by Crippen LogP contribution is 2.11. The van der Waals surface area contributed by atoms with Gasteiger partial charge >= 0.3 is 5.97 Å². The highest BCUT2D eigenvalue weighted by atomic mass is 16.4. The third-order valence-corrected chi connectivity index (χ3v) is 4.23. The number of phenols is 1. The molecule has 1 aromatic rings. The molecule has 0 saturated carbocycles. The van der Waals surface area contributed by atoms with Crippen LogP contribution in [-0.2, 0) is 35.2 Å². The molecule has 180 valence electrons. The normalized spacial score (nSPS) is 13.1. The van der Waals surface area contributed by atoms with Crippen molar-refractivity contribution in [1.82, 2.24) is 16.0 Å². The van der Waals surface area contributed by atoms with Crippen LogP contribution in [0, 0.1) is 0 Å². The molecule has 3 unspecified atom stereocenters. The van der Waals surface area contributed by atoms with Crippen molar-refractivity contribution in [2.45, 2.75) is 37.4 Å². The number of phenolic OH excluding ortho intramolecular Hbond substituents is 1. The van der Waals surface area contributed by atoms with Crippen molar-refractivity contribution in [3.63, 3.8) is 0 Å². The Morgan fingerprint density at radius 3 is 1.94 bits per heavy atom. The van der Waals surface area contributed by atoms with Crippen molar-refractivity contribution in [2.75, 3.05) is 6.54 Å². The van der Waals surface area contributed by atoms with Gasteiger partial charge in [0.25, 0.3) is 0 Å². The molecular formula is C19H26N6O8. The summed E-state index contributed by atoms with van der Waals surface area (Å²) in [7, 11) is 0. The zero-order valence-electron chi connectivity index (χ0n) is 17.4. The van der Waals surface area contributed by atoms with Gasteiger partial charge in [-0.2, -0.15) is 0 Å². The standard InChI is InChI=1S/C19H26N6O8/c20-11(6-14(21)27)17(30)25-12(5-9-1-3-10(26)4-2-9)18(31)23-8-16(29)24-13(19(32)33)7-15(22)28/h1-4,11-13,26H,5-8,20H2,(H2,21,27)(H2,22,28)(H,23,31)(H,24,29)(H,25,30)(H,32,33). The molecule has 0 saturated heterocycles. The summed E-state index contributed by atoms with van der Waals surface area (Å²) < 4.78 is 0. The number of hydrogen-bond acceptors (Lipinski definition) is 8. The van der Waals surface area contributed by atoms with Gasteiger partial charge in [0, 0.05) is 6.42 Å². The maximum absolute atomic E-state index is 12.6. The number of carbonyl (C=O) groups excluding carboxylic acids is 5. The molecule has 14 nitrogen and oxygen atoms in total. The Balaban J connectivity index is 2.85. The molecule has 0 aliphatic rings. The van der Waals surface area contributed by atoms with E-state index in [-0.39, 0.29) is 12.2 Å². The summed E-state index contributed by atoms with van der Waals surface area (Å²) in [5, 5.41) is 25.0. The van der Waals surface area contributed by atoms with Gasteiger partial charge in [0.1, 0.15) is 17.8 Å². The molecule has 3 atom stereocenters. The molecule has 0 heterocycles. The van der Waals surface area contributed by atoms with Crippen LogP contribution in [0.1, 0.15) is 18.4 Å². The van der Waals surface area contributed by atoms with E-state index < -0.39 is 73.0 Å². The Hall–Kier alpha value is -4.20. The van der Waals surface area contributed by atoms with E-state index in [2.05, 4.69) is 10.6 Å². The maximum Gasteiger partial charge on any atom is 0.326 e. The van der Waals surface area contributed by atoms with Crippen LogP contribution in [0.15, 0.2) is 24.3 Å². The Labute approximate surface area is 187 Å². The smallest absolute Gasteiger partial charge is 0.326 e. The number of rotatable bonds is 13. The second kappa shape index (κ2) is 12.6. The topological polar surface area (TPSA) is 257 Å². The first-order valence-electron chi connectivity index (χ1n) is 9.59. The van der Waals surface area contributed by atoms with Crippen LogP contribution in [0.4, 0.5) is 0 Å². The highest BCUT2D eigenvalue weighted by molar-refractivity contribution is 5.94. The molecule has 11 N–H and O–H groups in total. The minimum Gasteiger partial charge on any atom is -0.508 e. The van der Waals surface area contributed by atoms with Crippen molar-refractivity contribution in [3.05, 3.63) is 29.8 Å². The van der Waals surface area contributed by atoms with E-state index in [1.807, 2.05) is 5.32 Å². The van der Waals surface area contributed by atoms with Crippen LogP contribution in [0.5, 0.6) is 5.75 Å². The summed E-state index contributed by atoms with van der Waals surface area (Å²) in [4.78, 5) is 69.8. The molecule has 1 rings (SSSR count). The van der Waals surface area contributed by atoms with Crippen LogP contribution in [0.2, 0.25) is 0 Å². The number of hydrogen-bond donors (Lipinski definition) is 8. The monoisotopic (exact) mass is 466 g/mol. The van der Waals surface area contributed by atoms with E-state index in [9.17, 15) is 33.9 Å². The first-order chi connectivity index (χ1) is 15.4. The summed E-state index contributed by atoms with van der Waals surface area (Å²) in [5.74, 6) is -5.86. The summed E-state index contributed by atoms with van der Waals surface area (Å²) in [5.41, 5.74) is 16.1. The number of primary amides is 2. The number of carboxylic acid groups (broad SMARTS) is 1. The number of benzene rings is 1. The molecule has 5 amide bonds. The van der Waals surface area contributed by atoms with Crippen molar-refractivity contribution < 1.29 is 39.0 Å². The Morgan fingerprint density at radius 1 is 0.848 bits per heavy atom. The van der Waals surface area contributed by atoms with Gasteiger partial charge in [-0.1, -0.05) is 12.1 Å². The first kappa shape index (κ1) is 26.8. The fourth-order valence-electron chi connectivity index (χ4n) is 2.60. The SMILES string of the molecule is NC(=O)CC(N)C(=O)NC(Cc1ccc(O)cc1)C(=O)NCC(=O)NC(CC(N)=O)C(=O)O. The highest BCUT2D eigenvalue weighted by Gasteiger charge is 2.26. The lowest BCUT2D eigenvalue weighted by Crippen LogP contribution is -2.54. The number of aromatic hydroxyl groups is 1. The average molecular weight is 466 g/mol. The second-order valence-corrected chi connectivity index (χ2v) is 7.06. The number of nitrogens with one attached hydrogen (secondary N) is 3. The van der Waals surface area contributed by atoms with Crippen LogP contribution >= 0.6 is 0 Å². The largest absolute Gasteiger partial charge is 0.508 e. The molecule has 0 radical (unpaired) electrons. The third kappa shape index (κ3) is 10.1. The van der Waals surface area contributed by atoms with Crippen LogP contribution in [-0.4, -0.2) is 70.4 Å². The predicted octanol–water partition coefficient (Wildman–Crippen LogP) is -3.82. The fraction of sp³-hybridized carbons (Fsp3) is 0.368. The Morgan fingerprint density at radius 2 is 1.42 bits per heavy atom. The third-order valence-electron chi connectivity index (χ3n) is 4.23. The summed E-state index contributed by atoms with van der Waals surface area (Å²) in [6, 6.07) is 1.59. The number of nitrogens with two attached hydrogens (primary N) is 3. The molecule has 0 bridgehead atoms. The molecule has 14 heteroatoms. The van der Waals surface area contributed by atoms with Crippen molar-refractivity contribution in [1.29, 1.82) is 0 Å². The van der Waals surface area contributed by atoms with Gasteiger partial charge in [-0.05, 0) is 17.7 Å². The number of carboxylic acids is 1. The quantitative estimate of drug-likeness (QED) is 0.141. The van der Waals surface area contributed by atoms with Gasteiger partial charge in [0.15, 0.2) is 0 Å². The second-order valence-electron chi connectivity index (χ2n) is 7.06. The van der Waals surface area contributed by atoms with Gasteiger partial charge in [0.05, 0.1) is 25.4 Å². The van der Waals surface area contributed by atoms with Gasteiger partial charge in [0.2, 0.25) is 29.5 Å². The van der Waals surface area contributed by atoms with E-state index >= 15 is 0 Å². The zero-order chi connectivity index (χ0) is 25.1. The van der Waals surface area contributed by atoms with Crippen LogP contribution in [0.25, 0.3) is 0 Å². The van der Waals surface area contributed by atoms with Crippen LogP contribution < -0.4 is 33.2 Å². The van der Waals surface area contributed by atoms with Gasteiger partial charge in [-0.3, -0.25) is 24.0 Å². The van der Waals surface area contributed by atoms with E-state index in [1.165, 1.54) is 24.3 Å². The molecule has 33 heavy (non-hydrogen) atoms. The molecule has 0 fully saturated rings. The maximum atomic E-state index is 12.6. The molecular weight excluding hydrogens is 440 g/mol. The lowest BCUT2D eigenvalue weighted by atomic mass is 10.0. The van der Waals surface area contributed by atoms with Crippen molar-refractivity contribution in [2.24, 2.45) is 17.2 Å². The van der Waals surface area contributed by atoms with Gasteiger partial charge in [-0.25, -0.2) is 4.79 Å². The Kier molecular flexibility index (Phi) is 10.3. The molecule has 0 aliphatic carbocycles. The molecule has 0 aromatic heterocycles. The number of carbonyl (C=O) groups is 6. The van der Waals surface area contributed by atoms with Gasteiger partial charge in [-0.15, -0.1) is 0 Å².